The summed E-state index contributed by atoms with van der Waals surface area (Å²) in [5.74, 6) is -0.309. The van der Waals surface area contributed by atoms with Gasteiger partial charge in [-0.3, -0.25) is 4.79 Å². The van der Waals surface area contributed by atoms with Gasteiger partial charge < -0.3 is 15.5 Å². The maximum atomic E-state index is 12.1. The van der Waals surface area contributed by atoms with Crippen LogP contribution in [0.3, 0.4) is 0 Å². The number of para-hydroxylation sites is 1. The fourth-order valence-electron chi connectivity index (χ4n) is 1.97. The Hall–Kier alpha value is -2.30. The predicted octanol–water partition coefficient (Wildman–Crippen LogP) is 2.63. The lowest BCUT2D eigenvalue weighted by atomic mass is 10.0. The second kappa shape index (κ2) is 5.56. The molecule has 100 valence electrons. The first-order valence-electron chi connectivity index (χ1n) is 6.28. The lowest BCUT2D eigenvalue weighted by Crippen LogP contribution is -2.15. The Balaban J connectivity index is 2.30. The molecule has 1 amide bonds. The van der Waals surface area contributed by atoms with Crippen LogP contribution in [0.2, 0.25) is 0 Å². The van der Waals surface area contributed by atoms with E-state index in [1.165, 1.54) is 6.26 Å². The summed E-state index contributed by atoms with van der Waals surface area (Å²) in [6.07, 6.45) is 2.96. The van der Waals surface area contributed by atoms with Gasteiger partial charge in [-0.25, -0.2) is 0 Å². The van der Waals surface area contributed by atoms with Crippen LogP contribution in [-0.2, 0) is 12.8 Å². The number of benzene rings is 1. The number of nitrogens with zero attached hydrogens (tertiary/aromatic N) is 1. The molecule has 1 aromatic heterocycles. The summed E-state index contributed by atoms with van der Waals surface area (Å²) in [7, 11) is 0. The van der Waals surface area contributed by atoms with Crippen molar-refractivity contribution in [2.45, 2.75) is 26.7 Å². The number of aryl methyl sites for hydroxylation is 2. The van der Waals surface area contributed by atoms with E-state index in [1.807, 2.05) is 18.2 Å². The van der Waals surface area contributed by atoms with Crippen LogP contribution < -0.4 is 11.1 Å². The highest BCUT2D eigenvalue weighted by atomic mass is 16.4. The van der Waals surface area contributed by atoms with Crippen LogP contribution in [0, 0.1) is 0 Å². The highest BCUT2D eigenvalue weighted by Crippen LogP contribution is 2.23. The van der Waals surface area contributed by atoms with E-state index in [4.69, 9.17) is 10.2 Å². The SMILES string of the molecule is CCc1cccc(CC)c1NC(=O)c1coc(N)n1. The van der Waals surface area contributed by atoms with Crippen molar-refractivity contribution in [2.75, 3.05) is 11.1 Å². The second-order valence-corrected chi connectivity index (χ2v) is 4.18. The van der Waals surface area contributed by atoms with E-state index in [2.05, 4.69) is 24.1 Å². The van der Waals surface area contributed by atoms with Gasteiger partial charge in [-0.05, 0) is 24.0 Å². The van der Waals surface area contributed by atoms with E-state index in [1.54, 1.807) is 0 Å². The summed E-state index contributed by atoms with van der Waals surface area (Å²) in [6.45, 7) is 4.11. The number of carbonyl (C=O) groups is 1. The predicted molar refractivity (Wildman–Crippen MR) is 74.1 cm³/mol. The number of amides is 1. The molecule has 0 saturated carbocycles. The molecule has 5 heteroatoms. The normalized spacial score (nSPS) is 10.4. The maximum absolute atomic E-state index is 12.1. The smallest absolute Gasteiger partial charge is 0.292 e. The molecule has 1 aromatic carbocycles. The van der Waals surface area contributed by atoms with Crippen molar-refractivity contribution in [3.63, 3.8) is 0 Å². The van der Waals surface area contributed by atoms with Crippen LogP contribution in [-0.4, -0.2) is 10.9 Å². The number of hydrogen-bond donors (Lipinski definition) is 2. The molecular weight excluding hydrogens is 242 g/mol. The number of nitrogens with two attached hydrogens (primary N) is 1. The highest BCUT2D eigenvalue weighted by molar-refractivity contribution is 6.03. The van der Waals surface area contributed by atoms with Crippen LogP contribution >= 0.6 is 0 Å². The summed E-state index contributed by atoms with van der Waals surface area (Å²) in [6, 6.07) is 6.00. The van der Waals surface area contributed by atoms with Gasteiger partial charge in [0.05, 0.1) is 0 Å². The van der Waals surface area contributed by atoms with Crippen molar-refractivity contribution in [3.8, 4) is 0 Å². The number of rotatable bonds is 4. The molecule has 0 radical (unpaired) electrons. The number of carbonyl (C=O) groups excluding carboxylic acids is 1. The lowest BCUT2D eigenvalue weighted by molar-refractivity contribution is 0.102. The molecule has 0 aliphatic heterocycles. The quantitative estimate of drug-likeness (QED) is 0.884. The van der Waals surface area contributed by atoms with Crippen LogP contribution in [0.4, 0.5) is 11.7 Å². The second-order valence-electron chi connectivity index (χ2n) is 4.18. The molecular formula is C14H17N3O2. The molecule has 0 aliphatic carbocycles. The van der Waals surface area contributed by atoms with Gasteiger partial charge >= 0.3 is 0 Å². The minimum Gasteiger partial charge on any atom is -0.431 e. The minimum absolute atomic E-state index is 0.00959. The average Bonchev–Trinajstić information content (AvgIpc) is 2.85. The third-order valence-corrected chi connectivity index (χ3v) is 2.99. The molecule has 0 fully saturated rings. The van der Waals surface area contributed by atoms with E-state index in [-0.39, 0.29) is 17.6 Å². The van der Waals surface area contributed by atoms with Gasteiger partial charge in [-0.2, -0.15) is 4.98 Å². The van der Waals surface area contributed by atoms with Gasteiger partial charge in [0.1, 0.15) is 6.26 Å². The minimum atomic E-state index is -0.309. The van der Waals surface area contributed by atoms with Crippen LogP contribution in [0.1, 0.15) is 35.5 Å². The van der Waals surface area contributed by atoms with Crippen molar-refractivity contribution in [1.82, 2.24) is 4.98 Å². The fourth-order valence-corrected chi connectivity index (χ4v) is 1.97. The Morgan fingerprint density at radius 3 is 2.42 bits per heavy atom. The molecule has 2 aromatic rings. The summed E-state index contributed by atoms with van der Waals surface area (Å²) >= 11 is 0. The van der Waals surface area contributed by atoms with Gasteiger partial charge in [-0.15, -0.1) is 0 Å². The molecule has 1 heterocycles. The molecule has 0 atom stereocenters. The van der Waals surface area contributed by atoms with Gasteiger partial charge in [0.15, 0.2) is 5.69 Å². The van der Waals surface area contributed by atoms with Gasteiger partial charge in [0, 0.05) is 5.69 Å². The van der Waals surface area contributed by atoms with Crippen molar-refractivity contribution >= 4 is 17.6 Å². The zero-order chi connectivity index (χ0) is 13.8. The third kappa shape index (κ3) is 2.76. The number of nitrogen functional groups attached to an aromatic ring is 1. The lowest BCUT2D eigenvalue weighted by Gasteiger charge is -2.13. The maximum Gasteiger partial charge on any atom is 0.292 e. The van der Waals surface area contributed by atoms with Gasteiger partial charge in [0.2, 0.25) is 0 Å². The number of oxazole rings is 1. The molecule has 0 spiro atoms. The molecule has 0 saturated heterocycles. The first kappa shape index (κ1) is 13.1. The Morgan fingerprint density at radius 2 is 1.95 bits per heavy atom. The first-order valence-corrected chi connectivity index (χ1v) is 6.28. The zero-order valence-electron chi connectivity index (χ0n) is 11.1. The zero-order valence-corrected chi connectivity index (χ0v) is 11.1. The summed E-state index contributed by atoms with van der Waals surface area (Å²) in [5.41, 5.74) is 8.61. The third-order valence-electron chi connectivity index (χ3n) is 2.99. The molecule has 19 heavy (non-hydrogen) atoms. The molecule has 0 aliphatic rings. The summed E-state index contributed by atoms with van der Waals surface area (Å²) in [5, 5.41) is 2.89. The Morgan fingerprint density at radius 1 is 1.32 bits per heavy atom. The largest absolute Gasteiger partial charge is 0.431 e. The van der Waals surface area contributed by atoms with Crippen molar-refractivity contribution < 1.29 is 9.21 Å². The van der Waals surface area contributed by atoms with Crippen LogP contribution in [0.15, 0.2) is 28.9 Å². The average molecular weight is 259 g/mol. The van der Waals surface area contributed by atoms with E-state index in [0.29, 0.717) is 0 Å². The van der Waals surface area contributed by atoms with Crippen LogP contribution in [0.25, 0.3) is 0 Å². The monoisotopic (exact) mass is 259 g/mol. The molecule has 3 N–H and O–H groups in total. The number of nitrogens with one attached hydrogen (secondary N) is 1. The molecule has 5 nitrogen and oxygen atoms in total. The summed E-state index contributed by atoms with van der Waals surface area (Å²) < 4.78 is 4.84. The van der Waals surface area contributed by atoms with E-state index < -0.39 is 0 Å². The number of anilines is 2. The highest BCUT2D eigenvalue weighted by Gasteiger charge is 2.14. The first-order chi connectivity index (χ1) is 9.15. The van der Waals surface area contributed by atoms with Crippen molar-refractivity contribution in [3.05, 3.63) is 41.3 Å². The molecule has 0 unspecified atom stereocenters. The van der Waals surface area contributed by atoms with E-state index in [9.17, 15) is 4.79 Å². The Bertz CT molecular complexity index is 568. The van der Waals surface area contributed by atoms with Gasteiger partial charge in [-0.1, -0.05) is 32.0 Å². The van der Waals surface area contributed by atoms with Crippen molar-refractivity contribution in [2.24, 2.45) is 0 Å². The fraction of sp³-hybridized carbons (Fsp3) is 0.286. The van der Waals surface area contributed by atoms with E-state index >= 15 is 0 Å². The Kier molecular flexibility index (Phi) is 3.85. The van der Waals surface area contributed by atoms with Crippen molar-refractivity contribution in [1.29, 1.82) is 0 Å². The van der Waals surface area contributed by atoms with E-state index in [0.717, 1.165) is 29.7 Å². The standard InChI is InChI=1S/C14H17N3O2/c1-3-9-6-5-7-10(4-2)12(9)17-13(18)11-8-19-14(15)16-11/h5-8H,3-4H2,1-2H3,(H2,15,16)(H,17,18). The van der Waals surface area contributed by atoms with Crippen LogP contribution in [0.5, 0.6) is 0 Å². The number of hydrogen-bond acceptors (Lipinski definition) is 4. The molecule has 0 bridgehead atoms. The summed E-state index contributed by atoms with van der Waals surface area (Å²) in [4.78, 5) is 15.9. The van der Waals surface area contributed by atoms with Gasteiger partial charge in [0.25, 0.3) is 11.9 Å². The molecule has 2 rings (SSSR count). The Labute approximate surface area is 111 Å². The number of aromatic nitrogens is 1. The topological polar surface area (TPSA) is 81.2 Å².